The normalized spacial score (nSPS) is 19.4. The number of nitrogens with zero attached hydrogens (tertiary/aromatic N) is 1. The van der Waals surface area contributed by atoms with E-state index in [4.69, 9.17) is 4.74 Å². The van der Waals surface area contributed by atoms with Gasteiger partial charge in [0, 0.05) is 12.6 Å². The second-order valence-electron chi connectivity index (χ2n) is 6.70. The molecule has 0 saturated carbocycles. The van der Waals surface area contributed by atoms with Crippen LogP contribution in [0.1, 0.15) is 18.9 Å². The predicted molar refractivity (Wildman–Crippen MR) is 101 cm³/mol. The molecule has 144 valence electrons. The Hall–Kier alpha value is -2.41. The Kier molecular flexibility index (Phi) is 5.79. The molecule has 0 bridgehead atoms. The molecule has 0 spiro atoms. The monoisotopic (exact) mass is 391 g/mol. The average Bonchev–Trinajstić information content (AvgIpc) is 3.01. The maximum absolute atomic E-state index is 13.8. The van der Waals surface area contributed by atoms with Crippen LogP contribution >= 0.6 is 0 Å². The lowest BCUT2D eigenvalue weighted by molar-refractivity contribution is -0.140. The Bertz CT molecular complexity index is 901. The fourth-order valence-electron chi connectivity index (χ4n) is 3.20. The van der Waals surface area contributed by atoms with Crippen molar-refractivity contribution in [2.75, 3.05) is 11.5 Å². The highest BCUT2D eigenvalue weighted by atomic mass is 32.2. The molecule has 2 aromatic carbocycles. The van der Waals surface area contributed by atoms with Crippen molar-refractivity contribution in [1.29, 1.82) is 0 Å². The molecule has 0 unspecified atom stereocenters. The van der Waals surface area contributed by atoms with E-state index in [1.165, 1.54) is 12.1 Å². The van der Waals surface area contributed by atoms with Crippen LogP contribution in [0.4, 0.5) is 4.39 Å². The first-order valence-corrected chi connectivity index (χ1v) is 10.6. The Balaban J connectivity index is 1.80. The van der Waals surface area contributed by atoms with Crippen LogP contribution in [-0.2, 0) is 21.2 Å². The number of ether oxygens (including phenoxy) is 1. The van der Waals surface area contributed by atoms with E-state index in [9.17, 15) is 17.6 Å². The summed E-state index contributed by atoms with van der Waals surface area (Å²) in [5.41, 5.74) is 0.897. The van der Waals surface area contributed by atoms with Crippen LogP contribution in [0.5, 0.6) is 5.75 Å². The fourth-order valence-corrected chi connectivity index (χ4v) is 4.93. The molecule has 0 aromatic heterocycles. The molecule has 3 rings (SSSR count). The minimum absolute atomic E-state index is 0.00273. The molecule has 1 aliphatic rings. The van der Waals surface area contributed by atoms with Gasteiger partial charge in [-0.05, 0) is 31.0 Å². The highest BCUT2D eigenvalue weighted by molar-refractivity contribution is 7.91. The Morgan fingerprint density at radius 2 is 1.85 bits per heavy atom. The SMILES string of the molecule is C[C@@H](Oc1ccccc1F)C(=O)N(Cc1ccccc1)[C@H]1CCS(=O)(=O)C1. The summed E-state index contributed by atoms with van der Waals surface area (Å²) in [6.45, 7) is 1.83. The van der Waals surface area contributed by atoms with Crippen molar-refractivity contribution in [2.24, 2.45) is 0 Å². The number of sulfone groups is 1. The van der Waals surface area contributed by atoms with Gasteiger partial charge in [0.25, 0.3) is 5.91 Å². The van der Waals surface area contributed by atoms with E-state index in [1.807, 2.05) is 30.3 Å². The molecule has 5 nitrogen and oxygen atoms in total. The first-order chi connectivity index (χ1) is 12.9. The van der Waals surface area contributed by atoms with E-state index in [0.717, 1.165) is 5.56 Å². The minimum atomic E-state index is -3.15. The molecule has 7 heteroatoms. The molecule has 2 atom stereocenters. The van der Waals surface area contributed by atoms with Gasteiger partial charge in [-0.15, -0.1) is 0 Å². The van der Waals surface area contributed by atoms with E-state index in [-0.39, 0.29) is 29.7 Å². The summed E-state index contributed by atoms with van der Waals surface area (Å²) in [5, 5.41) is 0. The quantitative estimate of drug-likeness (QED) is 0.760. The number of rotatable bonds is 6. The second-order valence-corrected chi connectivity index (χ2v) is 8.93. The number of amides is 1. The van der Waals surface area contributed by atoms with Gasteiger partial charge in [-0.2, -0.15) is 0 Å². The summed E-state index contributed by atoms with van der Waals surface area (Å²) in [7, 11) is -3.15. The number of halogens is 1. The van der Waals surface area contributed by atoms with Crippen molar-refractivity contribution in [3.8, 4) is 5.75 Å². The van der Waals surface area contributed by atoms with Crippen LogP contribution in [0.2, 0.25) is 0 Å². The average molecular weight is 391 g/mol. The number of carbonyl (C=O) groups is 1. The zero-order valence-electron chi connectivity index (χ0n) is 15.0. The molecule has 0 aliphatic carbocycles. The van der Waals surface area contributed by atoms with E-state index >= 15 is 0 Å². The molecule has 27 heavy (non-hydrogen) atoms. The first-order valence-electron chi connectivity index (χ1n) is 8.82. The van der Waals surface area contributed by atoms with Crippen LogP contribution in [0.25, 0.3) is 0 Å². The van der Waals surface area contributed by atoms with Crippen molar-refractivity contribution in [1.82, 2.24) is 4.90 Å². The van der Waals surface area contributed by atoms with Crippen LogP contribution < -0.4 is 4.74 Å². The topological polar surface area (TPSA) is 63.7 Å². The molecule has 1 amide bonds. The second kappa shape index (κ2) is 8.08. The molecule has 0 radical (unpaired) electrons. The van der Waals surface area contributed by atoms with Crippen LogP contribution in [0.15, 0.2) is 54.6 Å². The van der Waals surface area contributed by atoms with Crippen LogP contribution in [-0.4, -0.2) is 42.9 Å². The van der Waals surface area contributed by atoms with E-state index < -0.39 is 27.8 Å². The number of para-hydroxylation sites is 1. The maximum atomic E-state index is 13.8. The van der Waals surface area contributed by atoms with E-state index in [0.29, 0.717) is 6.42 Å². The summed E-state index contributed by atoms with van der Waals surface area (Å²) in [6, 6.07) is 14.8. The van der Waals surface area contributed by atoms with Crippen LogP contribution in [0.3, 0.4) is 0 Å². The third-order valence-corrected chi connectivity index (χ3v) is 6.37. The van der Waals surface area contributed by atoms with Gasteiger partial charge in [0.05, 0.1) is 11.5 Å². The molecule has 1 saturated heterocycles. The van der Waals surface area contributed by atoms with E-state index in [2.05, 4.69) is 0 Å². The summed E-state index contributed by atoms with van der Waals surface area (Å²) < 4.78 is 43.2. The molecule has 0 N–H and O–H groups in total. The first kappa shape index (κ1) is 19.4. The van der Waals surface area contributed by atoms with Gasteiger partial charge >= 0.3 is 0 Å². The number of carbonyl (C=O) groups excluding carboxylic acids is 1. The van der Waals surface area contributed by atoms with E-state index in [1.54, 1.807) is 24.0 Å². The fraction of sp³-hybridized carbons (Fsp3) is 0.350. The predicted octanol–water partition coefficient (Wildman–Crippen LogP) is 2.81. The third kappa shape index (κ3) is 4.86. The molecule has 1 aliphatic heterocycles. The molecule has 1 heterocycles. The van der Waals surface area contributed by atoms with Crippen LogP contribution in [0, 0.1) is 5.82 Å². The Morgan fingerprint density at radius 1 is 1.19 bits per heavy atom. The van der Waals surface area contributed by atoms with Gasteiger partial charge in [0.2, 0.25) is 0 Å². The zero-order valence-corrected chi connectivity index (χ0v) is 15.9. The number of hydrogen-bond acceptors (Lipinski definition) is 4. The van der Waals surface area contributed by atoms with Gasteiger partial charge in [-0.1, -0.05) is 42.5 Å². The van der Waals surface area contributed by atoms with Crippen molar-refractivity contribution < 1.29 is 22.3 Å². The van der Waals surface area contributed by atoms with Crippen molar-refractivity contribution in [2.45, 2.75) is 32.0 Å². The zero-order chi connectivity index (χ0) is 19.4. The molecule has 1 fully saturated rings. The number of hydrogen-bond donors (Lipinski definition) is 0. The smallest absolute Gasteiger partial charge is 0.263 e. The van der Waals surface area contributed by atoms with Crippen molar-refractivity contribution in [3.63, 3.8) is 0 Å². The minimum Gasteiger partial charge on any atom is -0.478 e. The third-order valence-electron chi connectivity index (χ3n) is 4.62. The maximum Gasteiger partial charge on any atom is 0.263 e. The van der Waals surface area contributed by atoms with Crippen molar-refractivity contribution >= 4 is 15.7 Å². The lowest BCUT2D eigenvalue weighted by Gasteiger charge is -2.31. The van der Waals surface area contributed by atoms with Crippen molar-refractivity contribution in [3.05, 3.63) is 66.0 Å². The molecular weight excluding hydrogens is 369 g/mol. The highest BCUT2D eigenvalue weighted by Crippen LogP contribution is 2.23. The lowest BCUT2D eigenvalue weighted by Crippen LogP contribution is -2.46. The van der Waals surface area contributed by atoms with Gasteiger partial charge in [-0.25, -0.2) is 12.8 Å². The summed E-state index contributed by atoms with van der Waals surface area (Å²) >= 11 is 0. The lowest BCUT2D eigenvalue weighted by atomic mass is 10.1. The Labute approximate surface area is 158 Å². The molecule has 2 aromatic rings. The van der Waals surface area contributed by atoms with Gasteiger partial charge in [-0.3, -0.25) is 4.79 Å². The standard InChI is InChI=1S/C20H22FNO4S/c1-15(26-19-10-6-5-9-18(19)21)20(23)22(13-16-7-3-2-4-8-16)17-11-12-27(24,25)14-17/h2-10,15,17H,11-14H2,1H3/t15-,17+/m1/s1. The van der Waals surface area contributed by atoms with Gasteiger partial charge < -0.3 is 9.64 Å². The highest BCUT2D eigenvalue weighted by Gasteiger charge is 2.36. The Morgan fingerprint density at radius 3 is 2.48 bits per heavy atom. The number of benzene rings is 2. The largest absolute Gasteiger partial charge is 0.478 e. The summed E-state index contributed by atoms with van der Waals surface area (Å²) in [4.78, 5) is 14.6. The molecular formula is C20H22FNO4S. The van der Waals surface area contributed by atoms with Gasteiger partial charge in [0.15, 0.2) is 27.5 Å². The van der Waals surface area contributed by atoms with Gasteiger partial charge in [0.1, 0.15) is 0 Å². The summed E-state index contributed by atoms with van der Waals surface area (Å²) in [5.74, 6) is -0.895. The summed E-state index contributed by atoms with van der Waals surface area (Å²) in [6.07, 6.45) is -0.540.